The minimum absolute atomic E-state index is 0.174. The van der Waals surface area contributed by atoms with Gasteiger partial charge in [0.15, 0.2) is 0 Å². The molecule has 292 valence electrons. The van der Waals surface area contributed by atoms with Crippen LogP contribution >= 0.6 is 0 Å². The molecule has 0 saturated carbocycles. The fourth-order valence-corrected chi connectivity index (χ4v) is 8.58. The Morgan fingerprint density at radius 2 is 1.21 bits per heavy atom. The molecule has 10 aromatic carbocycles. The Kier molecular flexibility index (Phi) is 5.73. The quantitative estimate of drug-likeness (QED) is 0.159. The summed E-state index contributed by atoms with van der Waals surface area (Å²) in [5.74, 6) is -1.73. The molecule has 2 unspecified atom stereocenters. The highest BCUT2D eigenvalue weighted by atomic mass is 16.3. The summed E-state index contributed by atoms with van der Waals surface area (Å²) < 4.78 is 143. The average Bonchev–Trinajstić information content (AvgIpc) is 3.97. The third kappa shape index (κ3) is 6.19. The zero-order valence-corrected chi connectivity index (χ0v) is 32.9. The van der Waals surface area contributed by atoms with Gasteiger partial charge in [0.1, 0.15) is 11.2 Å². The predicted molar refractivity (Wildman–Crippen MR) is 263 cm³/mol. The van der Waals surface area contributed by atoms with E-state index in [-0.39, 0.29) is 11.1 Å². The zero-order valence-electron chi connectivity index (χ0n) is 47.9. The minimum Gasteiger partial charge on any atom is -0.456 e. The number of hydrogen-bond acceptors (Lipinski definition) is 2. The summed E-state index contributed by atoms with van der Waals surface area (Å²) in [6.45, 7) is 0. The maximum absolute atomic E-state index is 9.87. The molecule has 0 amide bonds. The van der Waals surface area contributed by atoms with E-state index < -0.39 is 119 Å². The van der Waals surface area contributed by atoms with Crippen LogP contribution in [0, 0.1) is 0 Å². The molecule has 1 heterocycles. The van der Waals surface area contributed by atoms with Crippen molar-refractivity contribution in [3.63, 3.8) is 0 Å². The van der Waals surface area contributed by atoms with Crippen molar-refractivity contribution < 1.29 is 25.0 Å². The average molecular weight is 807 g/mol. The van der Waals surface area contributed by atoms with Crippen LogP contribution in [0.4, 0.5) is 17.1 Å². The molecule has 0 saturated heterocycles. The van der Waals surface area contributed by atoms with Crippen LogP contribution in [0.5, 0.6) is 0 Å². The fourth-order valence-electron chi connectivity index (χ4n) is 8.58. The van der Waals surface area contributed by atoms with Crippen molar-refractivity contribution >= 4 is 76.9 Å². The van der Waals surface area contributed by atoms with E-state index in [9.17, 15) is 11.0 Å². The van der Waals surface area contributed by atoms with Crippen molar-refractivity contribution in [2.24, 2.45) is 0 Å². The molecule has 0 fully saturated rings. The molecule has 2 heteroatoms. The first kappa shape index (κ1) is 23.7. The first-order valence-corrected chi connectivity index (χ1v) is 20.2. The molecule has 0 N–H and O–H groups in total. The van der Waals surface area contributed by atoms with Crippen molar-refractivity contribution in [2.45, 2.75) is 12.3 Å². The van der Waals surface area contributed by atoms with Crippen LogP contribution in [0.3, 0.4) is 0 Å². The van der Waals surface area contributed by atoms with Crippen LogP contribution in [-0.4, -0.2) is 0 Å². The molecule has 1 aliphatic rings. The van der Waals surface area contributed by atoms with Gasteiger partial charge in [0, 0.05) is 35.0 Å². The van der Waals surface area contributed by atoms with Gasteiger partial charge in [-0.2, -0.15) is 0 Å². The second-order valence-corrected chi connectivity index (χ2v) is 15.1. The van der Waals surface area contributed by atoms with Crippen molar-refractivity contribution in [1.82, 2.24) is 0 Å². The van der Waals surface area contributed by atoms with Crippen molar-refractivity contribution in [3.8, 4) is 22.3 Å². The van der Waals surface area contributed by atoms with Crippen molar-refractivity contribution in [1.29, 1.82) is 0 Å². The molecule has 1 aliphatic carbocycles. The number of hydrogen-bond donors (Lipinski definition) is 0. The summed E-state index contributed by atoms with van der Waals surface area (Å²) in [6.07, 6.45) is -1.90. The summed E-state index contributed by atoms with van der Waals surface area (Å²) in [4.78, 5) is 1.66. The van der Waals surface area contributed by atoms with Gasteiger partial charge in [-0.25, -0.2) is 0 Å². The number of allylic oxidation sites excluding steroid dienone is 4. The first-order chi connectivity index (χ1) is 37.0. The lowest BCUT2D eigenvalue weighted by Gasteiger charge is -2.28. The summed E-state index contributed by atoms with van der Waals surface area (Å²) >= 11 is 0. The lowest BCUT2D eigenvalue weighted by Crippen LogP contribution is -2.11. The van der Waals surface area contributed by atoms with Gasteiger partial charge in [-0.15, -0.1) is 0 Å². The maximum atomic E-state index is 9.87. The van der Waals surface area contributed by atoms with Gasteiger partial charge >= 0.3 is 0 Å². The van der Waals surface area contributed by atoms with E-state index in [0.717, 1.165) is 49.0 Å². The number of rotatable bonds is 7. The molecule has 11 aromatic rings. The molecule has 0 aliphatic heterocycles. The molecule has 0 bridgehead atoms. The Hall–Kier alpha value is -7.94. The number of benzene rings is 10. The predicted octanol–water partition coefficient (Wildman–Crippen LogP) is 17.0. The lowest BCUT2D eigenvalue weighted by molar-refractivity contribution is 0.669. The van der Waals surface area contributed by atoms with Gasteiger partial charge in [-0.1, -0.05) is 182 Å². The Bertz CT molecular complexity index is 4390. The van der Waals surface area contributed by atoms with Crippen molar-refractivity contribution in [2.75, 3.05) is 4.90 Å². The number of anilines is 3. The Labute approximate surface area is 382 Å². The molecule has 12 rings (SSSR count). The van der Waals surface area contributed by atoms with Crippen LogP contribution in [0.25, 0.3) is 82.1 Å². The first-order valence-electron chi connectivity index (χ1n) is 27.8. The number of furan rings is 1. The third-order valence-electron chi connectivity index (χ3n) is 11.5. The van der Waals surface area contributed by atoms with E-state index in [0.29, 0.717) is 28.1 Å². The van der Waals surface area contributed by atoms with E-state index >= 15 is 0 Å². The molecule has 0 radical (unpaired) electrons. The highest BCUT2D eigenvalue weighted by Gasteiger charge is 2.22. The van der Waals surface area contributed by atoms with Gasteiger partial charge in [0.2, 0.25) is 0 Å². The van der Waals surface area contributed by atoms with Gasteiger partial charge in [-0.3, -0.25) is 0 Å². The molecule has 62 heavy (non-hydrogen) atoms. The minimum atomic E-state index is -1.90. The SMILES string of the molecule is [2H]C1=C([2H])C(c2c([2H])c([2H])c([2H])c3c([2H])c([2H])c([2H])c([2H])c23)C([2H])C([2H])=C1c1c([2H])c([2H])c(N(c2ccc(-c3cccc4ccccc34)cc2)c2ccccc2-c2cccc3oc4cc5ccccc5cc4c23)c([2H])c1[2H]. The van der Waals surface area contributed by atoms with Crippen LogP contribution in [-0.2, 0) is 0 Å². The zero-order chi connectivity index (χ0) is 54.0. The lowest BCUT2D eigenvalue weighted by atomic mass is 9.86. The van der Waals surface area contributed by atoms with E-state index in [1.54, 1.807) is 4.90 Å². The van der Waals surface area contributed by atoms with Gasteiger partial charge < -0.3 is 9.32 Å². The second kappa shape index (κ2) is 15.0. The Morgan fingerprint density at radius 1 is 0.500 bits per heavy atom. The molecule has 2 nitrogen and oxygen atoms in total. The summed E-state index contributed by atoms with van der Waals surface area (Å²) in [7, 11) is 0. The number of fused-ring (bicyclic) bond motifs is 6. The molecule has 2 atom stereocenters. The Balaban J connectivity index is 1.06. The smallest absolute Gasteiger partial charge is 0.136 e. The largest absolute Gasteiger partial charge is 0.456 e. The summed E-state index contributed by atoms with van der Waals surface area (Å²) in [5, 5.41) is 4.99. The fraction of sp³-hybridized carbons (Fsp3) is 0.0333. The van der Waals surface area contributed by atoms with Crippen LogP contribution in [0.2, 0.25) is 0 Å². The van der Waals surface area contributed by atoms with E-state index in [1.165, 1.54) is 0 Å². The molecular formula is C60H41NO. The normalized spacial score (nSPS) is 19.0. The van der Waals surface area contributed by atoms with Gasteiger partial charge in [0.25, 0.3) is 0 Å². The molecule has 0 spiro atoms. The van der Waals surface area contributed by atoms with Gasteiger partial charge in [0.05, 0.1) is 24.9 Å². The number of para-hydroxylation sites is 1. The monoisotopic (exact) mass is 806 g/mol. The van der Waals surface area contributed by atoms with Gasteiger partial charge in [-0.05, 0) is 121 Å². The van der Waals surface area contributed by atoms with E-state index in [2.05, 4.69) is 6.07 Å². The van der Waals surface area contributed by atoms with Crippen molar-refractivity contribution in [3.05, 3.63) is 241 Å². The summed E-state index contributed by atoms with van der Waals surface area (Å²) in [5.41, 5.74) is 3.91. The molecular weight excluding hydrogens is 751 g/mol. The Morgan fingerprint density at radius 3 is 2.10 bits per heavy atom. The second-order valence-electron chi connectivity index (χ2n) is 15.1. The van der Waals surface area contributed by atoms with Crippen LogP contribution < -0.4 is 4.90 Å². The summed E-state index contributed by atoms with van der Waals surface area (Å²) in [6, 6.07) is 37.4. The van der Waals surface area contributed by atoms with Crippen LogP contribution in [0.15, 0.2) is 235 Å². The van der Waals surface area contributed by atoms with E-state index in [1.807, 2.05) is 140 Å². The molecule has 1 aromatic heterocycles. The van der Waals surface area contributed by atoms with Crippen LogP contribution in [0.1, 0.15) is 44.0 Å². The maximum Gasteiger partial charge on any atom is 0.136 e. The number of nitrogens with zero attached hydrogens (tertiary/aromatic N) is 1. The van der Waals surface area contributed by atoms with E-state index in [4.69, 9.17) is 14.0 Å². The highest BCUT2D eigenvalue weighted by Crippen LogP contribution is 2.46. The third-order valence-corrected chi connectivity index (χ3v) is 11.5. The highest BCUT2D eigenvalue weighted by molar-refractivity contribution is 6.16. The standard InChI is InChI=1S/C60H41NO/c1-2-15-47-39-59-56(38-46(47)14-1)60-55(23-11-25-58(60)62-59)54-20-7-8-24-57(54)61(49-36-32-45(33-37-49)53-22-10-17-43-13-4-6-19-51(43)53)48-34-30-41(31-35-48)40-26-28-44(29-27-40)52-21-9-16-42-12-3-5-18-50(42)52/h1-28,30-39,44H,29H2/i3D,5D,9D,12D,16D,18D,21D,26D,27D,28D,29D,30D,31D,34D,35D. The topological polar surface area (TPSA) is 16.4 Å².